The molecule has 0 radical (unpaired) electrons. The van der Waals surface area contributed by atoms with Gasteiger partial charge < -0.3 is 10.2 Å². The lowest BCUT2D eigenvalue weighted by Gasteiger charge is -2.33. The molecule has 0 aliphatic carbocycles. The van der Waals surface area contributed by atoms with E-state index in [1.165, 1.54) is 11.3 Å². The summed E-state index contributed by atoms with van der Waals surface area (Å²) in [5.41, 5.74) is 0.842. The van der Waals surface area contributed by atoms with Gasteiger partial charge in [-0.25, -0.2) is 4.98 Å². The molecular weight excluding hydrogens is 361 g/mol. The summed E-state index contributed by atoms with van der Waals surface area (Å²) in [6.07, 6.45) is 0. The van der Waals surface area contributed by atoms with Gasteiger partial charge in [0.1, 0.15) is 9.88 Å². The van der Waals surface area contributed by atoms with E-state index in [1.807, 2.05) is 29.3 Å². The number of nitrogens with zero attached hydrogens (tertiary/aromatic N) is 2. The monoisotopic (exact) mass is 379 g/mol. The minimum absolute atomic E-state index is 0. The van der Waals surface area contributed by atoms with Gasteiger partial charge in [-0.05, 0) is 25.3 Å². The number of hydrogen-bond acceptors (Lipinski definition) is 5. The van der Waals surface area contributed by atoms with Crippen molar-refractivity contribution < 1.29 is 4.79 Å². The summed E-state index contributed by atoms with van der Waals surface area (Å²) in [6, 6.07) is 4.30. The van der Waals surface area contributed by atoms with E-state index in [0.29, 0.717) is 0 Å². The van der Waals surface area contributed by atoms with Crippen LogP contribution in [0.1, 0.15) is 22.3 Å². The number of rotatable bonds is 2. The van der Waals surface area contributed by atoms with Crippen LogP contribution in [0.25, 0.3) is 9.88 Å². The molecule has 1 aliphatic heterocycles. The highest BCUT2D eigenvalue weighted by atomic mass is 35.5. The zero-order valence-electron chi connectivity index (χ0n) is 12.4. The summed E-state index contributed by atoms with van der Waals surface area (Å²) in [4.78, 5) is 21.1. The fraction of sp³-hybridized carbons (Fsp3) is 0.429. The Labute approximate surface area is 150 Å². The lowest BCUT2D eigenvalue weighted by atomic mass is 10.2. The van der Waals surface area contributed by atoms with Gasteiger partial charge in [0.25, 0.3) is 5.91 Å². The van der Waals surface area contributed by atoms with Gasteiger partial charge in [0.15, 0.2) is 0 Å². The molecule has 1 amide bonds. The van der Waals surface area contributed by atoms with Gasteiger partial charge in [0.05, 0.1) is 10.6 Å². The Morgan fingerprint density at radius 3 is 2.86 bits per heavy atom. The SMILES string of the molecule is Cc1nc(-c2cccs2)sc1C(=O)N1CCNC[C@H]1C.Cl.Cl. The third-order valence-electron chi connectivity index (χ3n) is 3.48. The average Bonchev–Trinajstić information content (AvgIpc) is 3.07. The van der Waals surface area contributed by atoms with Crippen molar-refractivity contribution in [3.8, 4) is 9.88 Å². The number of piperazine rings is 1. The third-order valence-corrected chi connectivity index (χ3v) is 5.67. The number of carbonyl (C=O) groups excluding carboxylic acids is 1. The Hall–Kier alpha value is -0.660. The van der Waals surface area contributed by atoms with Gasteiger partial charge >= 0.3 is 0 Å². The van der Waals surface area contributed by atoms with Crippen molar-refractivity contribution >= 4 is 53.4 Å². The van der Waals surface area contributed by atoms with Gasteiger partial charge in [0.2, 0.25) is 0 Å². The van der Waals surface area contributed by atoms with E-state index in [4.69, 9.17) is 0 Å². The number of hydrogen-bond donors (Lipinski definition) is 1. The van der Waals surface area contributed by atoms with Crippen LogP contribution in [0, 0.1) is 6.92 Å². The van der Waals surface area contributed by atoms with E-state index in [1.54, 1.807) is 11.3 Å². The molecule has 1 atom stereocenters. The number of halogens is 2. The minimum atomic E-state index is 0. The van der Waals surface area contributed by atoms with E-state index in [-0.39, 0.29) is 36.8 Å². The van der Waals surface area contributed by atoms with Crippen LogP contribution < -0.4 is 5.32 Å². The first-order chi connectivity index (χ1) is 9.66. The second kappa shape index (κ2) is 8.26. The van der Waals surface area contributed by atoms with Crippen LogP contribution >= 0.6 is 47.5 Å². The maximum absolute atomic E-state index is 12.7. The van der Waals surface area contributed by atoms with E-state index in [2.05, 4.69) is 17.2 Å². The quantitative estimate of drug-likeness (QED) is 0.868. The van der Waals surface area contributed by atoms with Crippen molar-refractivity contribution in [2.24, 2.45) is 0 Å². The number of aromatic nitrogens is 1. The molecule has 1 aliphatic rings. The smallest absolute Gasteiger partial charge is 0.266 e. The highest BCUT2D eigenvalue weighted by Crippen LogP contribution is 2.32. The van der Waals surface area contributed by atoms with Gasteiger partial charge in [-0.2, -0.15) is 0 Å². The molecule has 4 nitrogen and oxygen atoms in total. The van der Waals surface area contributed by atoms with Crippen LogP contribution in [0.2, 0.25) is 0 Å². The van der Waals surface area contributed by atoms with Crippen LogP contribution in [-0.4, -0.2) is 41.5 Å². The molecule has 3 heterocycles. The predicted octanol–water partition coefficient (Wildman–Crippen LogP) is 3.46. The van der Waals surface area contributed by atoms with Crippen LogP contribution in [-0.2, 0) is 0 Å². The third kappa shape index (κ3) is 3.81. The zero-order valence-corrected chi connectivity index (χ0v) is 15.6. The molecule has 1 saturated heterocycles. The Bertz CT molecular complexity index is 616. The fourth-order valence-electron chi connectivity index (χ4n) is 2.37. The van der Waals surface area contributed by atoms with Crippen molar-refractivity contribution in [1.82, 2.24) is 15.2 Å². The van der Waals surface area contributed by atoms with Crippen molar-refractivity contribution in [3.05, 3.63) is 28.1 Å². The van der Waals surface area contributed by atoms with Gasteiger partial charge in [-0.1, -0.05) is 6.07 Å². The number of thiophene rings is 1. The standard InChI is InChI=1S/C14H17N3OS2.2ClH/c1-9-8-15-5-6-17(9)14(18)12-10(2)16-13(20-12)11-4-3-7-19-11;;/h3-4,7,9,15H,5-6,8H2,1-2H3;2*1H/t9-;;/m1../s1. The van der Waals surface area contributed by atoms with Crippen LogP contribution in [0.3, 0.4) is 0 Å². The summed E-state index contributed by atoms with van der Waals surface area (Å²) < 4.78 is 0. The fourth-order valence-corrected chi connectivity index (χ4v) is 4.19. The van der Waals surface area contributed by atoms with Crippen LogP contribution in [0.5, 0.6) is 0 Å². The van der Waals surface area contributed by atoms with Crippen LogP contribution in [0.4, 0.5) is 0 Å². The first kappa shape index (κ1) is 19.4. The van der Waals surface area contributed by atoms with Crippen LogP contribution in [0.15, 0.2) is 17.5 Å². The molecule has 2 aromatic rings. The highest BCUT2D eigenvalue weighted by molar-refractivity contribution is 7.22. The van der Waals surface area contributed by atoms with Crippen molar-refractivity contribution in [1.29, 1.82) is 0 Å². The van der Waals surface area contributed by atoms with E-state index in [9.17, 15) is 4.79 Å². The average molecular weight is 380 g/mol. The minimum Gasteiger partial charge on any atom is -0.333 e. The number of thiazole rings is 1. The summed E-state index contributed by atoms with van der Waals surface area (Å²) in [5, 5.41) is 6.29. The van der Waals surface area contributed by atoms with Crippen molar-refractivity contribution in [2.45, 2.75) is 19.9 Å². The maximum atomic E-state index is 12.7. The molecule has 0 aromatic carbocycles. The molecule has 0 bridgehead atoms. The largest absolute Gasteiger partial charge is 0.333 e. The Balaban J connectivity index is 0.00000121. The first-order valence-electron chi connectivity index (χ1n) is 6.70. The molecule has 0 saturated carbocycles. The molecule has 1 N–H and O–H groups in total. The Kier molecular flexibility index (Phi) is 7.28. The van der Waals surface area contributed by atoms with Crippen molar-refractivity contribution in [3.63, 3.8) is 0 Å². The summed E-state index contributed by atoms with van der Waals surface area (Å²) in [7, 11) is 0. The Morgan fingerprint density at radius 1 is 1.45 bits per heavy atom. The lowest BCUT2D eigenvalue weighted by molar-refractivity contribution is 0.0660. The predicted molar refractivity (Wildman–Crippen MR) is 98.0 cm³/mol. The molecule has 1 fully saturated rings. The number of carbonyl (C=O) groups is 1. The second-order valence-electron chi connectivity index (χ2n) is 4.96. The molecule has 122 valence electrons. The molecular formula is C14H19Cl2N3OS2. The molecule has 2 aromatic heterocycles. The zero-order chi connectivity index (χ0) is 14.1. The Morgan fingerprint density at radius 2 is 2.23 bits per heavy atom. The lowest BCUT2D eigenvalue weighted by Crippen LogP contribution is -2.52. The molecule has 22 heavy (non-hydrogen) atoms. The number of nitrogens with one attached hydrogen (secondary N) is 1. The van der Waals surface area contributed by atoms with E-state index < -0.39 is 0 Å². The van der Waals surface area contributed by atoms with Gasteiger partial charge in [-0.3, -0.25) is 4.79 Å². The summed E-state index contributed by atoms with van der Waals surface area (Å²) in [6.45, 7) is 6.51. The van der Waals surface area contributed by atoms with Gasteiger partial charge in [0, 0.05) is 25.7 Å². The second-order valence-corrected chi connectivity index (χ2v) is 6.91. The maximum Gasteiger partial charge on any atom is 0.266 e. The van der Waals surface area contributed by atoms with E-state index >= 15 is 0 Å². The first-order valence-corrected chi connectivity index (χ1v) is 8.39. The van der Waals surface area contributed by atoms with Crippen molar-refractivity contribution in [2.75, 3.05) is 19.6 Å². The topological polar surface area (TPSA) is 45.2 Å². The molecule has 3 rings (SSSR count). The molecule has 8 heteroatoms. The molecule has 0 spiro atoms. The summed E-state index contributed by atoms with van der Waals surface area (Å²) in [5.74, 6) is 0.122. The number of amides is 1. The summed E-state index contributed by atoms with van der Waals surface area (Å²) >= 11 is 3.17. The highest BCUT2D eigenvalue weighted by Gasteiger charge is 2.27. The molecule has 0 unspecified atom stereocenters. The van der Waals surface area contributed by atoms with E-state index in [0.717, 1.165) is 40.1 Å². The normalized spacial score (nSPS) is 17.5. The number of aryl methyl sites for hydroxylation is 1. The van der Waals surface area contributed by atoms with Gasteiger partial charge in [-0.15, -0.1) is 47.5 Å².